The lowest BCUT2D eigenvalue weighted by Crippen LogP contribution is -2.21. The van der Waals surface area contributed by atoms with Gasteiger partial charge in [0.2, 0.25) is 0 Å². The van der Waals surface area contributed by atoms with Gasteiger partial charge in [-0.25, -0.2) is 0 Å². The number of ether oxygens (including phenoxy) is 2. The summed E-state index contributed by atoms with van der Waals surface area (Å²) in [5.74, 6) is 0. The lowest BCUT2D eigenvalue weighted by Gasteiger charge is -2.15. The second-order valence-electron chi connectivity index (χ2n) is 3.84. The number of rotatable bonds is 7. The Balaban J connectivity index is 2.49. The average molecular weight is 223 g/mol. The molecule has 0 aliphatic carbocycles. The maximum Gasteiger partial charge on any atom is 0.0713 e. The molecular formula is C13H21NO2. The second-order valence-corrected chi connectivity index (χ2v) is 3.84. The molecule has 0 aromatic heterocycles. The predicted octanol–water partition coefficient (Wildman–Crippen LogP) is 2.67. The van der Waals surface area contributed by atoms with Crippen LogP contribution in [-0.4, -0.2) is 26.4 Å². The van der Waals surface area contributed by atoms with Gasteiger partial charge in [0.15, 0.2) is 0 Å². The van der Waals surface area contributed by atoms with Crippen molar-refractivity contribution in [2.24, 2.45) is 0 Å². The van der Waals surface area contributed by atoms with Crippen LogP contribution in [0.15, 0.2) is 24.3 Å². The molecule has 0 aliphatic rings. The molecule has 0 fully saturated rings. The van der Waals surface area contributed by atoms with Crippen molar-refractivity contribution in [2.45, 2.75) is 26.5 Å². The molecule has 0 spiro atoms. The predicted molar refractivity (Wildman–Crippen MR) is 66.7 cm³/mol. The summed E-state index contributed by atoms with van der Waals surface area (Å²) in [7, 11) is 1.71. The van der Waals surface area contributed by atoms with Crippen molar-refractivity contribution >= 4 is 5.69 Å². The zero-order valence-corrected chi connectivity index (χ0v) is 10.3. The van der Waals surface area contributed by atoms with Gasteiger partial charge in [0.05, 0.1) is 13.2 Å². The normalized spacial score (nSPS) is 12.4. The lowest BCUT2D eigenvalue weighted by molar-refractivity contribution is 0.141. The Morgan fingerprint density at radius 1 is 1.38 bits per heavy atom. The van der Waals surface area contributed by atoms with Gasteiger partial charge in [0.25, 0.3) is 0 Å². The average Bonchev–Trinajstić information content (AvgIpc) is 2.27. The van der Waals surface area contributed by atoms with Gasteiger partial charge < -0.3 is 14.8 Å². The van der Waals surface area contributed by atoms with Crippen molar-refractivity contribution in [1.82, 2.24) is 0 Å². The van der Waals surface area contributed by atoms with Crippen molar-refractivity contribution in [2.75, 3.05) is 25.6 Å². The van der Waals surface area contributed by atoms with Crippen LogP contribution in [0, 0.1) is 0 Å². The van der Waals surface area contributed by atoms with E-state index in [0.717, 1.165) is 18.9 Å². The van der Waals surface area contributed by atoms with E-state index in [1.807, 2.05) is 13.0 Å². The van der Waals surface area contributed by atoms with Crippen molar-refractivity contribution in [3.8, 4) is 0 Å². The fraction of sp³-hybridized carbons (Fsp3) is 0.538. The van der Waals surface area contributed by atoms with Crippen molar-refractivity contribution < 1.29 is 9.47 Å². The topological polar surface area (TPSA) is 30.5 Å². The van der Waals surface area contributed by atoms with Crippen molar-refractivity contribution in [1.29, 1.82) is 0 Å². The maximum absolute atomic E-state index is 5.36. The van der Waals surface area contributed by atoms with Crippen LogP contribution in [0.4, 0.5) is 5.69 Å². The van der Waals surface area contributed by atoms with Crippen LogP contribution in [-0.2, 0) is 16.1 Å². The standard InChI is InChI=1S/C13H21NO2/c1-4-16-9-11(2)14-13-7-5-6-12(8-13)10-15-3/h5-8,11,14H,4,9-10H2,1-3H3. The summed E-state index contributed by atoms with van der Waals surface area (Å²) in [6.07, 6.45) is 0. The molecule has 3 nitrogen and oxygen atoms in total. The van der Waals surface area contributed by atoms with Gasteiger partial charge in [0, 0.05) is 25.4 Å². The number of hydrogen-bond acceptors (Lipinski definition) is 3. The summed E-state index contributed by atoms with van der Waals surface area (Å²) in [5, 5.41) is 3.39. The molecule has 1 rings (SSSR count). The SMILES string of the molecule is CCOCC(C)Nc1cccc(COC)c1. The third kappa shape index (κ3) is 4.64. The van der Waals surface area contributed by atoms with Crippen molar-refractivity contribution in [3.05, 3.63) is 29.8 Å². The first-order chi connectivity index (χ1) is 7.76. The smallest absolute Gasteiger partial charge is 0.0713 e. The summed E-state index contributed by atoms with van der Waals surface area (Å²) < 4.78 is 10.5. The molecule has 1 atom stereocenters. The molecule has 0 saturated heterocycles. The number of benzene rings is 1. The fourth-order valence-corrected chi connectivity index (χ4v) is 1.54. The minimum absolute atomic E-state index is 0.317. The van der Waals surface area contributed by atoms with Gasteiger partial charge in [-0.15, -0.1) is 0 Å². The van der Waals surface area contributed by atoms with Gasteiger partial charge in [-0.1, -0.05) is 12.1 Å². The van der Waals surface area contributed by atoms with E-state index in [-0.39, 0.29) is 0 Å². The van der Waals surface area contributed by atoms with Gasteiger partial charge >= 0.3 is 0 Å². The van der Waals surface area contributed by atoms with E-state index in [4.69, 9.17) is 9.47 Å². The van der Waals surface area contributed by atoms with Gasteiger partial charge in [-0.2, -0.15) is 0 Å². The molecule has 0 amide bonds. The summed E-state index contributed by atoms with van der Waals surface area (Å²) in [4.78, 5) is 0. The zero-order chi connectivity index (χ0) is 11.8. The Hall–Kier alpha value is -1.06. The largest absolute Gasteiger partial charge is 0.380 e. The van der Waals surface area contributed by atoms with E-state index in [2.05, 4.69) is 30.4 Å². The molecule has 0 radical (unpaired) electrons. The monoisotopic (exact) mass is 223 g/mol. The second kappa shape index (κ2) is 7.25. The molecular weight excluding hydrogens is 202 g/mol. The molecule has 1 unspecified atom stereocenters. The van der Waals surface area contributed by atoms with Crippen LogP contribution in [0.2, 0.25) is 0 Å². The first-order valence-corrected chi connectivity index (χ1v) is 5.68. The molecule has 90 valence electrons. The van der Waals surface area contributed by atoms with E-state index < -0.39 is 0 Å². The van der Waals surface area contributed by atoms with E-state index in [0.29, 0.717) is 12.6 Å². The highest BCUT2D eigenvalue weighted by molar-refractivity contribution is 5.46. The molecule has 1 aromatic carbocycles. The lowest BCUT2D eigenvalue weighted by atomic mass is 10.2. The molecule has 0 saturated carbocycles. The van der Waals surface area contributed by atoms with Gasteiger partial charge in [-0.05, 0) is 31.5 Å². The number of hydrogen-bond donors (Lipinski definition) is 1. The van der Waals surface area contributed by atoms with E-state index in [9.17, 15) is 0 Å². The first kappa shape index (κ1) is 13.0. The number of nitrogens with one attached hydrogen (secondary N) is 1. The minimum Gasteiger partial charge on any atom is -0.380 e. The van der Waals surface area contributed by atoms with Crippen molar-refractivity contribution in [3.63, 3.8) is 0 Å². The van der Waals surface area contributed by atoms with E-state index in [1.165, 1.54) is 5.56 Å². The van der Waals surface area contributed by atoms with E-state index >= 15 is 0 Å². The zero-order valence-electron chi connectivity index (χ0n) is 10.3. The molecule has 16 heavy (non-hydrogen) atoms. The third-order valence-electron chi connectivity index (χ3n) is 2.22. The minimum atomic E-state index is 0.317. The Bertz CT molecular complexity index is 302. The molecule has 3 heteroatoms. The summed E-state index contributed by atoms with van der Waals surface area (Å²) in [5.41, 5.74) is 2.29. The van der Waals surface area contributed by atoms with Gasteiger partial charge in [0.1, 0.15) is 0 Å². The maximum atomic E-state index is 5.36. The Labute approximate surface area is 97.8 Å². The number of anilines is 1. The molecule has 1 aromatic rings. The number of methoxy groups -OCH3 is 1. The molecule has 1 N–H and O–H groups in total. The highest BCUT2D eigenvalue weighted by Gasteiger charge is 2.02. The Kier molecular flexibility index (Phi) is 5.90. The summed E-state index contributed by atoms with van der Waals surface area (Å²) in [6, 6.07) is 8.57. The quantitative estimate of drug-likeness (QED) is 0.771. The first-order valence-electron chi connectivity index (χ1n) is 5.68. The van der Waals surface area contributed by atoms with Crippen LogP contribution in [0.3, 0.4) is 0 Å². The van der Waals surface area contributed by atoms with Gasteiger partial charge in [-0.3, -0.25) is 0 Å². The summed E-state index contributed by atoms with van der Waals surface area (Å²) >= 11 is 0. The molecule has 0 aliphatic heterocycles. The molecule has 0 bridgehead atoms. The third-order valence-corrected chi connectivity index (χ3v) is 2.22. The van der Waals surface area contributed by atoms with Crippen LogP contribution in [0.1, 0.15) is 19.4 Å². The highest BCUT2D eigenvalue weighted by atomic mass is 16.5. The Morgan fingerprint density at radius 3 is 2.88 bits per heavy atom. The fourth-order valence-electron chi connectivity index (χ4n) is 1.54. The van der Waals surface area contributed by atoms with Crippen LogP contribution in [0.25, 0.3) is 0 Å². The highest BCUT2D eigenvalue weighted by Crippen LogP contribution is 2.12. The Morgan fingerprint density at radius 2 is 2.19 bits per heavy atom. The van der Waals surface area contributed by atoms with Crippen LogP contribution < -0.4 is 5.32 Å². The summed E-state index contributed by atoms with van der Waals surface area (Å²) in [6.45, 7) is 6.25. The van der Waals surface area contributed by atoms with Crippen LogP contribution in [0.5, 0.6) is 0 Å². The van der Waals surface area contributed by atoms with E-state index in [1.54, 1.807) is 7.11 Å². The molecule has 0 heterocycles. The van der Waals surface area contributed by atoms with Crippen LogP contribution >= 0.6 is 0 Å².